The van der Waals surface area contributed by atoms with Gasteiger partial charge in [0.15, 0.2) is 0 Å². The summed E-state index contributed by atoms with van der Waals surface area (Å²) in [4.78, 5) is 24.9. The monoisotopic (exact) mass is 287 g/mol. The number of amides is 2. The van der Waals surface area contributed by atoms with Gasteiger partial charge in [0.05, 0.1) is 5.92 Å². The summed E-state index contributed by atoms with van der Waals surface area (Å²) in [7, 11) is 0. The van der Waals surface area contributed by atoms with Crippen LogP contribution >= 0.6 is 15.9 Å². The van der Waals surface area contributed by atoms with Crippen LogP contribution in [0.3, 0.4) is 0 Å². The van der Waals surface area contributed by atoms with Crippen LogP contribution in [0.1, 0.15) is 19.8 Å². The molecule has 0 saturated carbocycles. The highest BCUT2D eigenvalue weighted by Gasteiger charge is 2.22. The number of imide groups is 1. The Balaban J connectivity index is 4.63. The summed E-state index contributed by atoms with van der Waals surface area (Å²) in [5.41, 5.74) is 0. The summed E-state index contributed by atoms with van der Waals surface area (Å²) >= 11 is 3.28. The summed E-state index contributed by atoms with van der Waals surface area (Å²) in [6, 6.07) is 0. The van der Waals surface area contributed by atoms with Crippen molar-refractivity contribution in [1.82, 2.24) is 4.90 Å². The lowest BCUT2D eigenvalue weighted by Crippen LogP contribution is -2.40. The first-order valence-electron chi connectivity index (χ1n) is 5.22. The van der Waals surface area contributed by atoms with Crippen molar-refractivity contribution in [2.24, 2.45) is 5.92 Å². The van der Waals surface area contributed by atoms with E-state index < -0.39 is 0 Å². The number of halogens is 1. The lowest BCUT2D eigenvalue weighted by atomic mass is 10.1. The van der Waals surface area contributed by atoms with E-state index in [0.29, 0.717) is 6.54 Å². The van der Waals surface area contributed by atoms with E-state index in [1.807, 2.05) is 0 Å². The predicted molar refractivity (Wildman–Crippen MR) is 69.3 cm³/mol. The average Bonchev–Trinajstić information content (AvgIpc) is 2.28. The van der Waals surface area contributed by atoms with E-state index in [4.69, 9.17) is 0 Å². The van der Waals surface area contributed by atoms with Gasteiger partial charge in [-0.05, 0) is 6.42 Å². The van der Waals surface area contributed by atoms with E-state index in [2.05, 4.69) is 29.1 Å². The Morgan fingerprint density at radius 2 is 2.06 bits per heavy atom. The molecule has 0 aliphatic heterocycles. The average molecular weight is 288 g/mol. The van der Waals surface area contributed by atoms with E-state index in [1.54, 1.807) is 13.0 Å². The van der Waals surface area contributed by atoms with E-state index in [-0.39, 0.29) is 24.2 Å². The van der Waals surface area contributed by atoms with Gasteiger partial charge in [-0.2, -0.15) is 0 Å². The van der Waals surface area contributed by atoms with Gasteiger partial charge in [0.2, 0.25) is 11.8 Å². The largest absolute Gasteiger partial charge is 0.282 e. The van der Waals surface area contributed by atoms with E-state index in [9.17, 15) is 9.59 Å². The van der Waals surface area contributed by atoms with Crippen LogP contribution in [-0.2, 0) is 9.59 Å². The van der Waals surface area contributed by atoms with E-state index in [0.717, 1.165) is 11.8 Å². The SMILES string of the molecule is C=CCC(=O)N(CCCBr)C(=O)C(C)C=C. The normalized spacial score (nSPS) is 11.6. The summed E-state index contributed by atoms with van der Waals surface area (Å²) < 4.78 is 0. The standard InChI is InChI=1S/C12H18BrNO2/c1-4-7-11(15)14(9-6-8-13)12(16)10(3)5-2/h4-5,10H,1-2,6-9H2,3H3. The highest BCUT2D eigenvalue weighted by molar-refractivity contribution is 9.09. The fraction of sp³-hybridized carbons (Fsp3) is 0.500. The summed E-state index contributed by atoms with van der Waals surface area (Å²) in [5, 5.41) is 0.765. The highest BCUT2D eigenvalue weighted by atomic mass is 79.9. The molecule has 0 aromatic rings. The quantitative estimate of drug-likeness (QED) is 0.533. The van der Waals surface area contributed by atoms with Gasteiger partial charge in [0.1, 0.15) is 0 Å². The number of nitrogens with zero attached hydrogens (tertiary/aromatic N) is 1. The van der Waals surface area contributed by atoms with Crippen LogP contribution < -0.4 is 0 Å². The molecule has 2 amide bonds. The number of carbonyl (C=O) groups excluding carboxylic acids is 2. The number of hydrogen-bond donors (Lipinski definition) is 0. The fourth-order valence-electron chi connectivity index (χ4n) is 1.16. The van der Waals surface area contributed by atoms with Gasteiger partial charge in [-0.15, -0.1) is 13.2 Å². The first kappa shape index (κ1) is 15.1. The van der Waals surface area contributed by atoms with Crippen molar-refractivity contribution >= 4 is 27.7 Å². The molecular formula is C12H18BrNO2. The highest BCUT2D eigenvalue weighted by Crippen LogP contribution is 2.07. The molecule has 3 nitrogen and oxygen atoms in total. The molecule has 90 valence electrons. The summed E-state index contributed by atoms with van der Waals surface area (Å²) in [6.45, 7) is 9.23. The van der Waals surface area contributed by atoms with Gasteiger partial charge >= 0.3 is 0 Å². The maximum absolute atomic E-state index is 11.9. The Morgan fingerprint density at radius 3 is 2.50 bits per heavy atom. The zero-order valence-electron chi connectivity index (χ0n) is 9.62. The molecule has 0 rings (SSSR count). The lowest BCUT2D eigenvalue weighted by Gasteiger charge is -2.22. The zero-order chi connectivity index (χ0) is 12.6. The smallest absolute Gasteiger partial charge is 0.235 e. The summed E-state index contributed by atoms with van der Waals surface area (Å²) in [6.07, 6.45) is 4.00. The molecule has 0 saturated heterocycles. The van der Waals surface area contributed by atoms with Crippen LogP contribution in [0.25, 0.3) is 0 Å². The van der Waals surface area contributed by atoms with Crippen LogP contribution in [0, 0.1) is 5.92 Å². The Hall–Kier alpha value is -0.900. The Kier molecular flexibility index (Phi) is 7.81. The van der Waals surface area contributed by atoms with E-state index in [1.165, 1.54) is 11.0 Å². The van der Waals surface area contributed by atoms with Crippen molar-refractivity contribution in [3.8, 4) is 0 Å². The molecule has 0 aromatic heterocycles. The minimum absolute atomic E-state index is 0.192. The molecule has 4 heteroatoms. The van der Waals surface area contributed by atoms with Crippen LogP contribution in [0.5, 0.6) is 0 Å². The molecule has 0 bridgehead atoms. The van der Waals surface area contributed by atoms with Crippen molar-refractivity contribution in [2.45, 2.75) is 19.8 Å². The number of alkyl halides is 1. The van der Waals surface area contributed by atoms with Crippen molar-refractivity contribution < 1.29 is 9.59 Å². The Bertz CT molecular complexity index is 276. The lowest BCUT2D eigenvalue weighted by molar-refractivity contribution is -0.145. The molecule has 0 aliphatic carbocycles. The second-order valence-corrected chi connectivity index (χ2v) is 4.24. The molecule has 0 fully saturated rings. The maximum Gasteiger partial charge on any atom is 0.235 e. The minimum Gasteiger partial charge on any atom is -0.282 e. The third-order valence-corrected chi connectivity index (χ3v) is 2.71. The summed E-state index contributed by atoms with van der Waals surface area (Å²) in [5.74, 6) is -0.721. The van der Waals surface area contributed by atoms with Gasteiger partial charge in [-0.3, -0.25) is 14.5 Å². The van der Waals surface area contributed by atoms with Gasteiger partial charge in [0, 0.05) is 18.3 Å². The molecule has 0 aromatic carbocycles. The molecule has 0 heterocycles. The second-order valence-electron chi connectivity index (χ2n) is 3.44. The minimum atomic E-state index is -0.330. The van der Waals surface area contributed by atoms with Gasteiger partial charge in [-0.1, -0.05) is 35.0 Å². The third kappa shape index (κ3) is 4.75. The number of rotatable bonds is 7. The molecule has 0 aliphatic rings. The van der Waals surface area contributed by atoms with Gasteiger partial charge < -0.3 is 0 Å². The van der Waals surface area contributed by atoms with Crippen molar-refractivity contribution in [1.29, 1.82) is 0 Å². The number of carbonyl (C=O) groups is 2. The zero-order valence-corrected chi connectivity index (χ0v) is 11.2. The fourth-order valence-corrected chi connectivity index (χ4v) is 1.41. The molecule has 1 unspecified atom stereocenters. The van der Waals surface area contributed by atoms with Crippen LogP contribution in [0.15, 0.2) is 25.3 Å². The van der Waals surface area contributed by atoms with Crippen molar-refractivity contribution in [2.75, 3.05) is 11.9 Å². The van der Waals surface area contributed by atoms with Gasteiger partial charge in [-0.25, -0.2) is 0 Å². The number of hydrogen-bond acceptors (Lipinski definition) is 2. The second kappa shape index (κ2) is 8.28. The first-order valence-corrected chi connectivity index (χ1v) is 6.34. The molecule has 1 atom stereocenters. The molecule has 0 spiro atoms. The Morgan fingerprint density at radius 1 is 1.44 bits per heavy atom. The van der Waals surface area contributed by atoms with Crippen LogP contribution in [0.4, 0.5) is 0 Å². The predicted octanol–water partition coefficient (Wildman–Crippen LogP) is 2.52. The topological polar surface area (TPSA) is 37.4 Å². The molecule has 16 heavy (non-hydrogen) atoms. The molecular weight excluding hydrogens is 270 g/mol. The maximum atomic E-state index is 11.9. The van der Waals surface area contributed by atoms with Crippen LogP contribution in [-0.4, -0.2) is 28.6 Å². The first-order chi connectivity index (χ1) is 7.58. The molecule has 0 N–H and O–H groups in total. The van der Waals surface area contributed by atoms with Crippen molar-refractivity contribution in [3.63, 3.8) is 0 Å². The van der Waals surface area contributed by atoms with E-state index >= 15 is 0 Å². The van der Waals surface area contributed by atoms with Gasteiger partial charge in [0.25, 0.3) is 0 Å². The Labute approximate surface area is 105 Å². The van der Waals surface area contributed by atoms with Crippen LogP contribution in [0.2, 0.25) is 0 Å². The third-order valence-electron chi connectivity index (χ3n) is 2.14. The van der Waals surface area contributed by atoms with Crippen molar-refractivity contribution in [3.05, 3.63) is 25.3 Å². The molecule has 0 radical (unpaired) electrons.